The zero-order chi connectivity index (χ0) is 29.4. The minimum absolute atomic E-state index is 0.0128. The van der Waals surface area contributed by atoms with E-state index in [0.717, 1.165) is 18.4 Å². The van der Waals surface area contributed by atoms with Gasteiger partial charge in [-0.05, 0) is 24.1 Å². The van der Waals surface area contributed by atoms with Gasteiger partial charge in [-0.15, -0.1) is 0 Å². The Hall–Kier alpha value is -1.40. The van der Waals surface area contributed by atoms with E-state index in [2.05, 4.69) is 6.92 Å². The van der Waals surface area contributed by atoms with Gasteiger partial charge in [0.15, 0.2) is 0 Å². The van der Waals surface area contributed by atoms with Crippen LogP contribution < -0.4 is 4.52 Å². The van der Waals surface area contributed by atoms with Crippen molar-refractivity contribution in [1.29, 1.82) is 0 Å². The molecule has 0 heterocycles. The third kappa shape index (κ3) is 17.3. The summed E-state index contributed by atoms with van der Waals surface area (Å²) in [6, 6.07) is 16.6. The average molecular weight is 611 g/mol. The first-order valence-corrected chi connectivity index (χ1v) is 17.4. The number of ether oxygens (including phenoxy) is 2. The lowest BCUT2D eigenvalue weighted by Crippen LogP contribution is -2.26. The van der Waals surface area contributed by atoms with Gasteiger partial charge >= 0.3 is 7.82 Å². The molecular formula is C33H52ClO6P. The largest absolute Gasteiger partial charge is 0.529 e. The lowest BCUT2D eigenvalue weighted by Gasteiger charge is -2.22. The topological polar surface area (TPSA) is 63.2 Å². The molecule has 0 aliphatic rings. The van der Waals surface area contributed by atoms with E-state index in [-0.39, 0.29) is 12.4 Å². The van der Waals surface area contributed by atoms with Gasteiger partial charge in [-0.2, -0.15) is 0 Å². The van der Waals surface area contributed by atoms with Crippen LogP contribution in [0.5, 0.6) is 5.75 Å². The number of unbranched alkanes of at least 4 members (excludes halogenated alkanes) is 13. The number of halogens is 1. The number of rotatable bonds is 26. The van der Waals surface area contributed by atoms with Crippen molar-refractivity contribution in [2.45, 2.75) is 110 Å². The van der Waals surface area contributed by atoms with Gasteiger partial charge in [0, 0.05) is 13.7 Å². The maximum atomic E-state index is 13.1. The van der Waals surface area contributed by atoms with Crippen molar-refractivity contribution in [2.24, 2.45) is 0 Å². The standard InChI is InChI=1S/C33H52ClO6P/c1-3-4-5-6-7-8-9-10-11-12-13-14-15-21-26-37-28-31(38-27-30-22-17-16-18-23-30)29-39-41(35,36-2)40-33-25-20-19-24-32(33)34/h16-20,22-25,31H,3-15,21,26-29H2,1-2H3/t31-,41?/m0/s1. The lowest BCUT2D eigenvalue weighted by molar-refractivity contribution is -0.0495. The summed E-state index contributed by atoms with van der Waals surface area (Å²) in [5, 5.41) is 0.321. The number of phosphoric ester groups is 1. The van der Waals surface area contributed by atoms with E-state index in [1.165, 1.54) is 84.2 Å². The van der Waals surface area contributed by atoms with E-state index in [0.29, 0.717) is 24.8 Å². The molecule has 232 valence electrons. The first-order chi connectivity index (χ1) is 20.1. The summed E-state index contributed by atoms with van der Waals surface area (Å²) >= 11 is 6.15. The van der Waals surface area contributed by atoms with E-state index >= 15 is 0 Å². The molecule has 6 nitrogen and oxygen atoms in total. The zero-order valence-corrected chi connectivity index (χ0v) is 26.9. The van der Waals surface area contributed by atoms with Crippen LogP contribution in [0.3, 0.4) is 0 Å². The third-order valence-electron chi connectivity index (χ3n) is 6.96. The van der Waals surface area contributed by atoms with Gasteiger partial charge in [0.05, 0.1) is 24.8 Å². The molecule has 0 fully saturated rings. The maximum Gasteiger partial charge on any atom is 0.529 e. The second-order valence-corrected chi connectivity index (χ2v) is 12.6. The Bertz CT molecular complexity index is 944. The fraction of sp³-hybridized carbons (Fsp3) is 0.636. The molecule has 0 saturated heterocycles. The van der Waals surface area contributed by atoms with Crippen LogP contribution in [0.1, 0.15) is 102 Å². The van der Waals surface area contributed by atoms with E-state index in [9.17, 15) is 4.57 Å². The molecule has 0 aliphatic carbocycles. The van der Waals surface area contributed by atoms with E-state index < -0.39 is 13.9 Å². The summed E-state index contributed by atoms with van der Waals surface area (Å²) in [5.41, 5.74) is 1.03. The number of para-hydroxylation sites is 1. The summed E-state index contributed by atoms with van der Waals surface area (Å²) in [6.45, 7) is 3.62. The summed E-state index contributed by atoms with van der Waals surface area (Å²) in [5.74, 6) is 0.232. The number of hydrogen-bond acceptors (Lipinski definition) is 6. The van der Waals surface area contributed by atoms with Crippen molar-refractivity contribution in [3.8, 4) is 5.75 Å². The number of phosphoric acid groups is 1. The van der Waals surface area contributed by atoms with E-state index in [1.54, 1.807) is 24.3 Å². The van der Waals surface area contributed by atoms with Gasteiger partial charge in [0.2, 0.25) is 0 Å². The highest BCUT2D eigenvalue weighted by molar-refractivity contribution is 7.48. The molecule has 1 unspecified atom stereocenters. The van der Waals surface area contributed by atoms with Gasteiger partial charge < -0.3 is 14.0 Å². The number of hydrogen-bond donors (Lipinski definition) is 0. The smallest absolute Gasteiger partial charge is 0.402 e. The molecule has 0 radical (unpaired) electrons. The molecule has 0 saturated carbocycles. The Balaban J connectivity index is 1.64. The zero-order valence-electron chi connectivity index (χ0n) is 25.3. The molecule has 8 heteroatoms. The minimum atomic E-state index is -3.89. The quantitative estimate of drug-likeness (QED) is 0.0780. The van der Waals surface area contributed by atoms with Crippen LogP contribution in [0.15, 0.2) is 54.6 Å². The summed E-state index contributed by atoms with van der Waals surface area (Å²) < 4.78 is 41.3. The fourth-order valence-corrected chi connectivity index (χ4v) is 5.69. The fourth-order valence-electron chi connectivity index (χ4n) is 4.48. The summed E-state index contributed by atoms with van der Waals surface area (Å²) in [7, 11) is -2.61. The Kier molecular flexibility index (Phi) is 20.2. The van der Waals surface area contributed by atoms with Gasteiger partial charge in [-0.1, -0.05) is 144 Å². The highest BCUT2D eigenvalue weighted by Gasteiger charge is 2.29. The Morgan fingerprint density at radius 3 is 1.88 bits per heavy atom. The predicted molar refractivity (Wildman–Crippen MR) is 169 cm³/mol. The Labute approximate surface area is 254 Å². The molecule has 0 N–H and O–H groups in total. The van der Waals surface area contributed by atoms with Crippen LogP contribution >= 0.6 is 19.4 Å². The van der Waals surface area contributed by atoms with Crippen LogP contribution in [-0.2, 0) is 29.7 Å². The number of benzene rings is 2. The normalized spacial score (nSPS) is 13.6. The van der Waals surface area contributed by atoms with Gasteiger partial charge in [0.1, 0.15) is 11.9 Å². The van der Waals surface area contributed by atoms with Gasteiger partial charge in [-0.25, -0.2) is 4.57 Å². The second-order valence-electron chi connectivity index (χ2n) is 10.5. The molecule has 2 aromatic rings. The maximum absolute atomic E-state index is 13.1. The molecular weight excluding hydrogens is 559 g/mol. The monoisotopic (exact) mass is 610 g/mol. The van der Waals surface area contributed by atoms with Gasteiger partial charge in [-0.3, -0.25) is 9.05 Å². The van der Waals surface area contributed by atoms with Crippen LogP contribution in [-0.4, -0.2) is 33.0 Å². The second kappa shape index (κ2) is 23.1. The average Bonchev–Trinajstić information content (AvgIpc) is 2.99. The highest BCUT2D eigenvalue weighted by Crippen LogP contribution is 2.50. The lowest BCUT2D eigenvalue weighted by atomic mass is 10.0. The molecule has 0 aromatic heterocycles. The van der Waals surface area contributed by atoms with Crippen molar-refractivity contribution in [2.75, 3.05) is 26.9 Å². The van der Waals surface area contributed by atoms with Crippen LogP contribution in [0, 0.1) is 0 Å². The molecule has 41 heavy (non-hydrogen) atoms. The van der Waals surface area contributed by atoms with Crippen LogP contribution in [0.2, 0.25) is 5.02 Å². The highest BCUT2D eigenvalue weighted by atomic mass is 35.5. The predicted octanol–water partition coefficient (Wildman–Crippen LogP) is 10.6. The van der Waals surface area contributed by atoms with Crippen molar-refractivity contribution < 1.29 is 27.6 Å². The van der Waals surface area contributed by atoms with Gasteiger partial charge in [0.25, 0.3) is 0 Å². The Morgan fingerprint density at radius 2 is 1.29 bits per heavy atom. The minimum Gasteiger partial charge on any atom is -0.402 e. The molecule has 2 aromatic carbocycles. The van der Waals surface area contributed by atoms with Crippen molar-refractivity contribution in [3.63, 3.8) is 0 Å². The van der Waals surface area contributed by atoms with E-state index in [1.807, 2.05) is 30.3 Å². The van der Waals surface area contributed by atoms with Crippen molar-refractivity contribution in [3.05, 3.63) is 65.2 Å². The van der Waals surface area contributed by atoms with E-state index in [4.69, 9.17) is 34.6 Å². The van der Waals surface area contributed by atoms with Crippen molar-refractivity contribution >= 4 is 19.4 Å². The van der Waals surface area contributed by atoms with Crippen LogP contribution in [0.4, 0.5) is 0 Å². The van der Waals surface area contributed by atoms with Crippen molar-refractivity contribution in [1.82, 2.24) is 0 Å². The summed E-state index contributed by atoms with van der Waals surface area (Å²) in [6.07, 6.45) is 18.1. The molecule has 0 bridgehead atoms. The molecule has 0 aliphatic heterocycles. The molecule has 2 rings (SSSR count). The summed E-state index contributed by atoms with van der Waals surface area (Å²) in [4.78, 5) is 0. The first-order valence-electron chi connectivity index (χ1n) is 15.5. The van der Waals surface area contributed by atoms with Crippen LogP contribution in [0.25, 0.3) is 0 Å². The third-order valence-corrected chi connectivity index (χ3v) is 8.61. The first kappa shape index (κ1) is 35.8. The molecule has 2 atom stereocenters. The SMILES string of the molecule is CCCCCCCCCCCCCCCCOC[C@@H](COP(=O)(OC)Oc1ccccc1Cl)OCc1ccccc1. The molecule has 0 spiro atoms. The Morgan fingerprint density at radius 1 is 0.732 bits per heavy atom. The molecule has 0 amide bonds.